The average molecular weight is 363 g/mol. The fourth-order valence-corrected chi connectivity index (χ4v) is 3.40. The van der Waals surface area contributed by atoms with E-state index in [0.717, 1.165) is 49.5 Å². The molecule has 3 heteroatoms. The van der Waals surface area contributed by atoms with Crippen molar-refractivity contribution in [1.29, 1.82) is 0 Å². The van der Waals surface area contributed by atoms with Gasteiger partial charge in [-0.25, -0.2) is 4.98 Å². The summed E-state index contributed by atoms with van der Waals surface area (Å²) in [5.74, 6) is 2.13. The monoisotopic (exact) mass is 362 g/mol. The minimum absolute atomic E-state index is 0.0269. The first-order chi connectivity index (χ1) is 13.0. The summed E-state index contributed by atoms with van der Waals surface area (Å²) in [5.41, 5.74) is 3.53. The summed E-state index contributed by atoms with van der Waals surface area (Å²) >= 11 is 0. The predicted molar refractivity (Wildman–Crippen MR) is 114 cm³/mol. The van der Waals surface area contributed by atoms with Gasteiger partial charge in [-0.2, -0.15) is 0 Å². The molecule has 0 aliphatic carbocycles. The summed E-state index contributed by atoms with van der Waals surface area (Å²) in [6.45, 7) is 12.2. The zero-order valence-electron chi connectivity index (χ0n) is 16.7. The zero-order valence-corrected chi connectivity index (χ0v) is 16.7. The number of ether oxygens (including phenoxy) is 1. The number of unbranched alkanes of at least 4 members (excludes halogenated alkanes) is 1. The van der Waals surface area contributed by atoms with E-state index in [-0.39, 0.29) is 5.41 Å². The highest BCUT2D eigenvalue weighted by atomic mass is 16.5. The standard InChI is InChI=1S/C24H30N2O/c1-5-12-19-13-6-9-16-22(19)27-18-11-10-17-26-21-15-8-7-14-20(21)25-23(26)24(2,3)4/h5-9,13-16H,1,10-12,17-18H2,2-4H3. The number of imidazole rings is 1. The molecule has 2 aromatic carbocycles. The summed E-state index contributed by atoms with van der Waals surface area (Å²) in [7, 11) is 0. The van der Waals surface area contributed by atoms with Gasteiger partial charge in [-0.1, -0.05) is 57.2 Å². The van der Waals surface area contributed by atoms with Crippen molar-refractivity contribution < 1.29 is 4.74 Å². The Labute approximate surface area is 162 Å². The van der Waals surface area contributed by atoms with Gasteiger partial charge in [0.05, 0.1) is 17.6 Å². The van der Waals surface area contributed by atoms with Crippen LogP contribution in [0.3, 0.4) is 0 Å². The fraction of sp³-hybridized carbons (Fsp3) is 0.375. The van der Waals surface area contributed by atoms with Crippen LogP contribution in [0.4, 0.5) is 0 Å². The number of hydrogen-bond donors (Lipinski definition) is 0. The van der Waals surface area contributed by atoms with Crippen LogP contribution >= 0.6 is 0 Å². The van der Waals surface area contributed by atoms with Crippen LogP contribution in [0, 0.1) is 0 Å². The molecule has 0 radical (unpaired) electrons. The molecule has 0 atom stereocenters. The van der Waals surface area contributed by atoms with Crippen molar-refractivity contribution in [1.82, 2.24) is 9.55 Å². The maximum Gasteiger partial charge on any atom is 0.122 e. The van der Waals surface area contributed by atoms with Gasteiger partial charge in [0, 0.05) is 12.0 Å². The van der Waals surface area contributed by atoms with Crippen molar-refractivity contribution in [3.8, 4) is 5.75 Å². The Morgan fingerprint density at radius 3 is 2.56 bits per heavy atom. The molecule has 0 aliphatic heterocycles. The molecule has 0 amide bonds. The van der Waals surface area contributed by atoms with E-state index < -0.39 is 0 Å². The van der Waals surface area contributed by atoms with Gasteiger partial charge in [-0.05, 0) is 43.0 Å². The molecular formula is C24H30N2O. The summed E-state index contributed by atoms with van der Waals surface area (Å²) < 4.78 is 8.40. The Kier molecular flexibility index (Phi) is 6.00. The summed E-state index contributed by atoms with van der Waals surface area (Å²) in [4.78, 5) is 4.88. The first-order valence-corrected chi connectivity index (χ1v) is 9.78. The molecule has 0 saturated carbocycles. The number of fused-ring (bicyclic) bond motifs is 1. The third-order valence-electron chi connectivity index (χ3n) is 4.70. The number of rotatable bonds is 8. The van der Waals surface area contributed by atoms with Gasteiger partial charge in [-0.15, -0.1) is 6.58 Å². The van der Waals surface area contributed by atoms with Crippen molar-refractivity contribution >= 4 is 11.0 Å². The minimum atomic E-state index is 0.0269. The molecule has 3 nitrogen and oxygen atoms in total. The van der Waals surface area contributed by atoms with Crippen LogP contribution in [0.15, 0.2) is 61.2 Å². The van der Waals surface area contributed by atoms with Crippen molar-refractivity contribution in [3.05, 3.63) is 72.6 Å². The van der Waals surface area contributed by atoms with Crippen molar-refractivity contribution in [2.75, 3.05) is 6.61 Å². The van der Waals surface area contributed by atoms with Crippen molar-refractivity contribution in [3.63, 3.8) is 0 Å². The largest absolute Gasteiger partial charge is 0.493 e. The molecule has 1 heterocycles. The second-order valence-electron chi connectivity index (χ2n) is 7.98. The number of aromatic nitrogens is 2. The first kappa shape index (κ1) is 19.2. The molecule has 142 valence electrons. The van der Waals surface area contributed by atoms with Crippen LogP contribution in [0.2, 0.25) is 0 Å². The Hall–Kier alpha value is -2.55. The van der Waals surface area contributed by atoms with E-state index in [0.29, 0.717) is 0 Å². The number of allylic oxidation sites excluding steroid dienone is 1. The molecule has 0 N–H and O–H groups in total. The molecular weight excluding hydrogens is 332 g/mol. The van der Waals surface area contributed by atoms with Crippen LogP contribution < -0.4 is 4.74 Å². The maximum atomic E-state index is 6.02. The van der Waals surface area contributed by atoms with Gasteiger partial charge in [-0.3, -0.25) is 0 Å². The Balaban J connectivity index is 1.62. The Bertz CT molecular complexity index is 902. The van der Waals surface area contributed by atoms with E-state index in [2.05, 4.69) is 62.2 Å². The number of aryl methyl sites for hydroxylation is 1. The van der Waals surface area contributed by atoms with Gasteiger partial charge in [0.1, 0.15) is 11.6 Å². The minimum Gasteiger partial charge on any atom is -0.493 e. The topological polar surface area (TPSA) is 27.1 Å². The molecule has 1 aromatic heterocycles. The molecule has 0 bridgehead atoms. The van der Waals surface area contributed by atoms with E-state index >= 15 is 0 Å². The van der Waals surface area contributed by atoms with Crippen LogP contribution in [0.5, 0.6) is 5.75 Å². The lowest BCUT2D eigenvalue weighted by Gasteiger charge is -2.20. The normalized spacial score (nSPS) is 11.7. The van der Waals surface area contributed by atoms with Gasteiger partial charge in [0.2, 0.25) is 0 Å². The maximum absolute atomic E-state index is 6.02. The van der Waals surface area contributed by atoms with Crippen LogP contribution in [-0.4, -0.2) is 16.2 Å². The zero-order chi connectivity index (χ0) is 19.3. The lowest BCUT2D eigenvalue weighted by atomic mass is 9.95. The van der Waals surface area contributed by atoms with Crippen molar-refractivity contribution in [2.45, 2.75) is 52.0 Å². The first-order valence-electron chi connectivity index (χ1n) is 9.78. The van der Waals surface area contributed by atoms with Gasteiger partial charge >= 0.3 is 0 Å². The molecule has 0 fully saturated rings. The van der Waals surface area contributed by atoms with Crippen molar-refractivity contribution in [2.24, 2.45) is 0 Å². The molecule has 27 heavy (non-hydrogen) atoms. The van der Waals surface area contributed by atoms with Crippen LogP contribution in [0.25, 0.3) is 11.0 Å². The average Bonchev–Trinajstić information content (AvgIpc) is 3.02. The molecule has 0 unspecified atom stereocenters. The van der Waals surface area contributed by atoms with E-state index in [9.17, 15) is 0 Å². The number of nitrogens with zero attached hydrogens (tertiary/aromatic N) is 2. The molecule has 3 aromatic rings. The van der Waals surface area contributed by atoms with E-state index in [1.165, 1.54) is 11.1 Å². The highest BCUT2D eigenvalue weighted by molar-refractivity contribution is 5.76. The van der Waals surface area contributed by atoms with Gasteiger partial charge in [0.15, 0.2) is 0 Å². The molecule has 0 spiro atoms. The second kappa shape index (κ2) is 8.43. The van der Waals surface area contributed by atoms with Gasteiger partial charge < -0.3 is 9.30 Å². The highest BCUT2D eigenvalue weighted by Crippen LogP contribution is 2.27. The predicted octanol–water partition coefficient (Wildman–Crippen LogP) is 5.92. The van der Waals surface area contributed by atoms with E-state index in [4.69, 9.17) is 9.72 Å². The summed E-state index contributed by atoms with van der Waals surface area (Å²) in [5, 5.41) is 0. The quantitative estimate of drug-likeness (QED) is 0.367. The van der Waals surface area contributed by atoms with Crippen LogP contribution in [0.1, 0.15) is 45.0 Å². The second-order valence-corrected chi connectivity index (χ2v) is 7.98. The Morgan fingerprint density at radius 1 is 1.04 bits per heavy atom. The van der Waals surface area contributed by atoms with Crippen LogP contribution in [-0.2, 0) is 18.4 Å². The third-order valence-corrected chi connectivity index (χ3v) is 4.70. The molecule has 3 rings (SSSR count). The molecule has 0 aliphatic rings. The molecule has 0 saturated heterocycles. The fourth-order valence-electron chi connectivity index (χ4n) is 3.40. The van der Waals surface area contributed by atoms with Gasteiger partial charge in [0.25, 0.3) is 0 Å². The summed E-state index contributed by atoms with van der Waals surface area (Å²) in [6.07, 6.45) is 4.83. The number of para-hydroxylation sites is 3. The highest BCUT2D eigenvalue weighted by Gasteiger charge is 2.22. The van der Waals surface area contributed by atoms with E-state index in [1.807, 2.05) is 24.3 Å². The Morgan fingerprint density at radius 2 is 1.78 bits per heavy atom. The third kappa shape index (κ3) is 4.60. The lowest BCUT2D eigenvalue weighted by molar-refractivity contribution is 0.300. The smallest absolute Gasteiger partial charge is 0.122 e. The lowest BCUT2D eigenvalue weighted by Crippen LogP contribution is -2.19. The number of hydrogen-bond acceptors (Lipinski definition) is 2. The SMILES string of the molecule is C=CCc1ccccc1OCCCCn1c(C(C)(C)C)nc2ccccc21. The number of benzene rings is 2. The summed E-state index contributed by atoms with van der Waals surface area (Å²) in [6, 6.07) is 16.6. The van der Waals surface area contributed by atoms with E-state index in [1.54, 1.807) is 0 Å².